The summed E-state index contributed by atoms with van der Waals surface area (Å²) in [5.74, 6) is 0. The molecule has 0 amide bonds. The van der Waals surface area contributed by atoms with Crippen LogP contribution in [-0.4, -0.2) is 19.9 Å². The molecule has 0 saturated carbocycles. The van der Waals surface area contributed by atoms with Crippen LogP contribution in [0.2, 0.25) is 0 Å². The fraction of sp³-hybridized carbons (Fsp3) is 0.0625. The number of aromatic amines is 2. The minimum atomic E-state index is 0.910. The van der Waals surface area contributed by atoms with Crippen LogP contribution >= 0.6 is 0 Å². The first kappa shape index (κ1) is 19.6. The summed E-state index contributed by atoms with van der Waals surface area (Å²) < 4.78 is 0. The summed E-state index contributed by atoms with van der Waals surface area (Å²) in [7, 11) is 0. The van der Waals surface area contributed by atoms with E-state index in [0.29, 0.717) is 0 Å². The predicted octanol–water partition coefficient (Wildman–Crippen LogP) is 8.34. The summed E-state index contributed by atoms with van der Waals surface area (Å²) in [6.07, 6.45) is 0. The molecule has 170 valence electrons. The molecule has 0 aliphatic rings. The van der Waals surface area contributed by atoms with Crippen molar-refractivity contribution < 1.29 is 0 Å². The number of benzene rings is 4. The van der Waals surface area contributed by atoms with Crippen molar-refractivity contribution in [2.75, 3.05) is 0 Å². The van der Waals surface area contributed by atoms with E-state index in [2.05, 4.69) is 109 Å². The van der Waals surface area contributed by atoms with Gasteiger partial charge in [-0.25, -0.2) is 9.97 Å². The van der Waals surface area contributed by atoms with Crippen LogP contribution in [0.4, 0.5) is 0 Å². The minimum Gasteiger partial charge on any atom is -0.339 e. The Balaban J connectivity index is 1.74. The molecule has 0 aliphatic heterocycles. The summed E-state index contributed by atoms with van der Waals surface area (Å²) in [5.41, 5.74) is 10.8. The van der Waals surface area contributed by atoms with Crippen LogP contribution in [0.25, 0.3) is 76.8 Å². The average molecular weight is 463 g/mol. The lowest BCUT2D eigenvalue weighted by Gasteiger charge is -2.15. The second-order valence-electron chi connectivity index (χ2n) is 9.80. The van der Waals surface area contributed by atoms with Gasteiger partial charge in [0.15, 0.2) is 0 Å². The summed E-state index contributed by atoms with van der Waals surface area (Å²) in [4.78, 5) is 17.4. The van der Waals surface area contributed by atoms with Gasteiger partial charge in [-0.2, -0.15) is 0 Å². The zero-order valence-electron chi connectivity index (χ0n) is 20.0. The lowest BCUT2D eigenvalue weighted by molar-refractivity contribution is 1.39. The summed E-state index contributed by atoms with van der Waals surface area (Å²) in [6, 6.07) is 30.1. The van der Waals surface area contributed by atoms with Crippen molar-refractivity contribution in [3.63, 3.8) is 0 Å². The van der Waals surface area contributed by atoms with E-state index >= 15 is 0 Å². The van der Waals surface area contributed by atoms with Gasteiger partial charge in [0.25, 0.3) is 0 Å². The van der Waals surface area contributed by atoms with E-state index in [0.717, 1.165) is 54.9 Å². The van der Waals surface area contributed by atoms with E-state index in [1.165, 1.54) is 33.0 Å². The van der Waals surface area contributed by atoms with E-state index in [9.17, 15) is 0 Å². The normalized spacial score (nSPS) is 12.2. The Bertz CT molecular complexity index is 2020. The predicted molar refractivity (Wildman–Crippen MR) is 151 cm³/mol. The number of nitrogens with one attached hydrogen (secondary N) is 2. The molecule has 2 N–H and O–H groups in total. The molecule has 4 aromatic heterocycles. The molecule has 4 heterocycles. The quantitative estimate of drug-likeness (QED) is 0.258. The number of aromatic nitrogens is 4. The van der Waals surface area contributed by atoms with Crippen molar-refractivity contribution in [3.8, 4) is 11.1 Å². The number of rotatable bonds is 1. The van der Waals surface area contributed by atoms with Gasteiger partial charge in [0.2, 0.25) is 0 Å². The first-order chi connectivity index (χ1) is 17.7. The molecule has 0 atom stereocenters. The molecule has 0 unspecified atom stereocenters. The molecule has 0 saturated heterocycles. The van der Waals surface area contributed by atoms with Gasteiger partial charge < -0.3 is 9.97 Å². The van der Waals surface area contributed by atoms with Gasteiger partial charge in [-0.1, -0.05) is 59.7 Å². The number of H-pyrrole nitrogens is 2. The fourth-order valence-corrected chi connectivity index (χ4v) is 5.85. The second-order valence-corrected chi connectivity index (χ2v) is 9.80. The number of fused-ring (bicyclic) bond motifs is 8. The molecule has 0 spiro atoms. The Kier molecular flexibility index (Phi) is 3.77. The maximum absolute atomic E-state index is 5.09. The number of pyridine rings is 2. The zero-order chi connectivity index (χ0) is 24.0. The maximum Gasteiger partial charge on any atom is 0.139 e. The van der Waals surface area contributed by atoms with E-state index in [-0.39, 0.29) is 0 Å². The minimum absolute atomic E-state index is 0.910. The molecule has 0 fully saturated rings. The first-order valence-electron chi connectivity index (χ1n) is 12.3. The number of hydrogen-bond donors (Lipinski definition) is 2. The van der Waals surface area contributed by atoms with Crippen LogP contribution in [0.15, 0.2) is 84.9 Å². The van der Waals surface area contributed by atoms with Gasteiger partial charge in [0.1, 0.15) is 11.3 Å². The SMILES string of the molecule is Cc1ccc2nc3[nH]c4ccccc4c3c(-c3c4cc(C)ccc4nc4[nH]c5ccccc5c34)c2c1. The highest BCUT2D eigenvalue weighted by Crippen LogP contribution is 2.46. The molecule has 0 aliphatic carbocycles. The van der Waals surface area contributed by atoms with Gasteiger partial charge in [0.05, 0.1) is 11.0 Å². The molecule has 8 aromatic rings. The van der Waals surface area contributed by atoms with Gasteiger partial charge in [-0.05, 0) is 50.2 Å². The number of hydrogen-bond acceptors (Lipinski definition) is 2. The van der Waals surface area contributed by atoms with Gasteiger partial charge in [0, 0.05) is 54.5 Å². The number of nitrogens with zero attached hydrogens (tertiary/aromatic N) is 2. The zero-order valence-corrected chi connectivity index (χ0v) is 20.0. The maximum atomic E-state index is 5.09. The van der Waals surface area contributed by atoms with Crippen LogP contribution in [0.3, 0.4) is 0 Å². The van der Waals surface area contributed by atoms with E-state index in [4.69, 9.17) is 9.97 Å². The van der Waals surface area contributed by atoms with Crippen molar-refractivity contribution in [1.29, 1.82) is 0 Å². The van der Waals surface area contributed by atoms with Crippen molar-refractivity contribution in [3.05, 3.63) is 96.1 Å². The molecule has 4 nitrogen and oxygen atoms in total. The van der Waals surface area contributed by atoms with E-state index in [1.807, 2.05) is 0 Å². The van der Waals surface area contributed by atoms with Crippen molar-refractivity contribution in [2.24, 2.45) is 0 Å². The number of aryl methyl sites for hydroxylation is 2. The summed E-state index contributed by atoms with van der Waals surface area (Å²) in [6.45, 7) is 4.30. The molecule has 0 radical (unpaired) electrons. The molecule has 0 bridgehead atoms. The lowest BCUT2D eigenvalue weighted by atomic mass is 9.90. The van der Waals surface area contributed by atoms with Crippen molar-refractivity contribution in [1.82, 2.24) is 19.9 Å². The van der Waals surface area contributed by atoms with Crippen LogP contribution < -0.4 is 0 Å². The highest BCUT2D eigenvalue weighted by molar-refractivity contribution is 6.29. The third kappa shape index (κ3) is 2.58. The Hall–Kier alpha value is -4.70. The molecule has 4 aromatic carbocycles. The largest absolute Gasteiger partial charge is 0.339 e. The third-order valence-electron chi connectivity index (χ3n) is 7.43. The second kappa shape index (κ2) is 6.92. The number of para-hydroxylation sites is 2. The molecule has 36 heavy (non-hydrogen) atoms. The Labute approximate surface area is 206 Å². The van der Waals surface area contributed by atoms with Gasteiger partial charge >= 0.3 is 0 Å². The summed E-state index contributed by atoms with van der Waals surface area (Å²) in [5, 5.41) is 7.00. The topological polar surface area (TPSA) is 57.4 Å². The monoisotopic (exact) mass is 462 g/mol. The van der Waals surface area contributed by atoms with Crippen LogP contribution in [0.5, 0.6) is 0 Å². The smallest absolute Gasteiger partial charge is 0.139 e. The Morgan fingerprint density at radius 2 is 0.944 bits per heavy atom. The van der Waals surface area contributed by atoms with E-state index < -0.39 is 0 Å². The fourth-order valence-electron chi connectivity index (χ4n) is 5.85. The van der Waals surface area contributed by atoms with Crippen LogP contribution in [0, 0.1) is 13.8 Å². The Morgan fingerprint density at radius 1 is 0.500 bits per heavy atom. The molecular weight excluding hydrogens is 440 g/mol. The van der Waals surface area contributed by atoms with Gasteiger partial charge in [-0.3, -0.25) is 0 Å². The highest BCUT2D eigenvalue weighted by Gasteiger charge is 2.22. The van der Waals surface area contributed by atoms with Crippen molar-refractivity contribution in [2.45, 2.75) is 13.8 Å². The third-order valence-corrected chi connectivity index (χ3v) is 7.43. The van der Waals surface area contributed by atoms with Crippen LogP contribution in [-0.2, 0) is 0 Å². The average Bonchev–Trinajstić information content (AvgIpc) is 3.44. The van der Waals surface area contributed by atoms with Crippen molar-refractivity contribution >= 4 is 65.7 Å². The summed E-state index contributed by atoms with van der Waals surface area (Å²) >= 11 is 0. The molecule has 4 heteroatoms. The highest BCUT2D eigenvalue weighted by atomic mass is 14.9. The molecule has 8 rings (SSSR count). The van der Waals surface area contributed by atoms with Gasteiger partial charge in [-0.15, -0.1) is 0 Å². The van der Waals surface area contributed by atoms with E-state index in [1.54, 1.807) is 0 Å². The standard InChI is InChI=1S/C32H22N4/c1-17-11-13-25-21(15-17)27(29-19-7-3-5-9-23(19)33-31(29)35-25)28-22-16-18(2)12-14-26(22)36-32-30(28)20-8-4-6-10-24(20)34-32/h3-16H,1-2H3,(H,33,35)(H,34,36). The Morgan fingerprint density at radius 3 is 1.42 bits per heavy atom. The molecular formula is C32H22N4. The first-order valence-corrected chi connectivity index (χ1v) is 12.3. The van der Waals surface area contributed by atoms with Crippen LogP contribution in [0.1, 0.15) is 11.1 Å². The lowest BCUT2D eigenvalue weighted by Crippen LogP contribution is -1.93.